The molecule has 4 aromatic heterocycles. The molecule has 0 atom stereocenters. The summed E-state index contributed by atoms with van der Waals surface area (Å²) < 4.78 is 11.0. The first-order valence-corrected chi connectivity index (χ1v) is 17.3. The predicted molar refractivity (Wildman–Crippen MR) is 208 cm³/mol. The Balaban J connectivity index is 0.00000360. The number of para-hydroxylation sites is 2. The Kier molecular flexibility index (Phi) is 7.53. The van der Waals surface area contributed by atoms with Crippen molar-refractivity contribution < 1.29 is 25.8 Å². The Morgan fingerprint density at radius 2 is 1.15 bits per heavy atom. The van der Waals surface area contributed by atoms with Gasteiger partial charge in [0.2, 0.25) is 0 Å². The Morgan fingerprint density at radius 3 is 1.87 bits per heavy atom. The third-order valence-electron chi connectivity index (χ3n) is 10.4. The summed E-state index contributed by atoms with van der Waals surface area (Å²) in [6, 6.07) is 43.4. The van der Waals surface area contributed by atoms with Crippen molar-refractivity contribution in [3.8, 4) is 33.9 Å². The summed E-state index contributed by atoms with van der Waals surface area (Å²) in [6.07, 6.45) is 5.89. The fourth-order valence-electron chi connectivity index (χ4n) is 8.18. The van der Waals surface area contributed by atoms with Crippen LogP contribution < -0.4 is 4.74 Å². The zero-order valence-corrected chi connectivity index (χ0v) is 31.3. The van der Waals surface area contributed by atoms with E-state index in [-0.39, 0.29) is 21.1 Å². The van der Waals surface area contributed by atoms with E-state index in [4.69, 9.17) is 14.7 Å². The molecule has 0 unspecified atom stereocenters. The van der Waals surface area contributed by atoms with Gasteiger partial charge in [0.1, 0.15) is 0 Å². The summed E-state index contributed by atoms with van der Waals surface area (Å²) in [6.45, 7) is 8.68. The van der Waals surface area contributed by atoms with Crippen LogP contribution in [0.4, 0.5) is 0 Å². The average molecular weight is 852 g/mol. The molecule has 0 fully saturated rings. The summed E-state index contributed by atoms with van der Waals surface area (Å²) in [5, 5.41) is 6.26. The first-order chi connectivity index (χ1) is 25.0. The summed E-state index contributed by atoms with van der Waals surface area (Å²) in [4.78, 5) is 9.82. The number of hydrogen-bond acceptors (Lipinski definition) is 3. The van der Waals surface area contributed by atoms with E-state index in [2.05, 4.69) is 140 Å². The second-order valence-electron chi connectivity index (χ2n) is 13.5. The minimum Gasteiger partial charge on any atom is -0.497 e. The van der Waals surface area contributed by atoms with Crippen molar-refractivity contribution in [1.29, 1.82) is 0 Å². The quantitative estimate of drug-likeness (QED) is 0.131. The summed E-state index contributed by atoms with van der Waals surface area (Å²) in [5.41, 5.74) is 13.6. The van der Waals surface area contributed by atoms with Crippen molar-refractivity contribution in [2.75, 3.05) is 0 Å². The van der Waals surface area contributed by atoms with E-state index in [9.17, 15) is 0 Å². The third-order valence-corrected chi connectivity index (χ3v) is 10.4. The first kappa shape index (κ1) is 32.2. The van der Waals surface area contributed by atoms with Gasteiger partial charge in [0.25, 0.3) is 0 Å². The van der Waals surface area contributed by atoms with Crippen LogP contribution in [0.5, 0.6) is 11.5 Å². The number of fused-ring (bicyclic) bond motifs is 12. The van der Waals surface area contributed by atoms with Crippen LogP contribution in [-0.4, -0.2) is 18.8 Å². The maximum Gasteiger partial charge on any atom is 2.00 e. The molecular formula is C46H32N4OPt. The minimum absolute atomic E-state index is 0. The molecule has 0 saturated heterocycles. The maximum atomic E-state index is 6.56. The van der Waals surface area contributed by atoms with E-state index in [0.717, 1.165) is 60.3 Å². The van der Waals surface area contributed by atoms with Gasteiger partial charge >= 0.3 is 21.1 Å². The van der Waals surface area contributed by atoms with Gasteiger partial charge in [-0.25, -0.2) is 0 Å². The zero-order chi connectivity index (χ0) is 34.4. The van der Waals surface area contributed by atoms with Gasteiger partial charge in [-0.05, 0) is 72.4 Å². The Bertz CT molecular complexity index is 3020. The predicted octanol–water partition coefficient (Wildman–Crippen LogP) is 11.6. The number of hydrogen-bond donors (Lipinski definition) is 0. The molecule has 0 spiro atoms. The van der Waals surface area contributed by atoms with Crippen molar-refractivity contribution >= 4 is 54.6 Å². The van der Waals surface area contributed by atoms with E-state index in [1.807, 2.05) is 30.7 Å². The molecule has 0 aliphatic rings. The van der Waals surface area contributed by atoms with Crippen LogP contribution in [0.1, 0.15) is 22.3 Å². The molecule has 5 nitrogen and oxygen atoms in total. The molecule has 0 N–H and O–H groups in total. The van der Waals surface area contributed by atoms with Crippen LogP contribution in [0.3, 0.4) is 0 Å². The van der Waals surface area contributed by atoms with Crippen molar-refractivity contribution in [1.82, 2.24) is 18.8 Å². The van der Waals surface area contributed by atoms with Gasteiger partial charge in [-0.1, -0.05) is 119 Å². The smallest absolute Gasteiger partial charge is 0.497 e. The molecule has 252 valence electrons. The van der Waals surface area contributed by atoms with Gasteiger partial charge in [-0.2, -0.15) is 0 Å². The van der Waals surface area contributed by atoms with Gasteiger partial charge in [0.15, 0.2) is 0 Å². The number of aryl methyl sites for hydroxylation is 4. The van der Waals surface area contributed by atoms with E-state index < -0.39 is 0 Å². The van der Waals surface area contributed by atoms with E-state index in [0.29, 0.717) is 11.5 Å². The van der Waals surface area contributed by atoms with Gasteiger partial charge in [0, 0.05) is 52.2 Å². The molecule has 0 amide bonds. The number of benzene rings is 6. The minimum atomic E-state index is 0. The van der Waals surface area contributed by atoms with Crippen LogP contribution >= 0.6 is 0 Å². The summed E-state index contributed by atoms with van der Waals surface area (Å²) >= 11 is 0. The second kappa shape index (κ2) is 12.2. The standard InChI is InChI=1S/C46H32N4O.Pt/c1-27-10-7-11-28(2)42(27)37-16-9-15-36-34-21-19-31(24-38(34)45-47-22-23-49(45)44(36)37)51-32-18-20-33-35-14-5-6-17-40(35)50-41(26-48-46(50)39(33)25-32)43-29(3)12-8-13-30(43)4;/h5-23,26H,1-4H3;/q-2;+2. The van der Waals surface area contributed by atoms with Gasteiger partial charge in [0.05, 0.1) is 17.0 Å². The SMILES string of the molecule is Cc1cccc(C)c1-c1cccc2c3ccc(Oc4[c-]c5c(cc4)c4ccccc4n4c(-c6c(C)cccc6C)cnc54)[c-]c3c3nccn3c12.[Pt+2]. The molecule has 4 heterocycles. The van der Waals surface area contributed by atoms with Crippen LogP contribution in [0.15, 0.2) is 122 Å². The van der Waals surface area contributed by atoms with Crippen LogP contribution in [-0.2, 0) is 21.1 Å². The number of nitrogens with zero attached hydrogens (tertiary/aromatic N) is 4. The van der Waals surface area contributed by atoms with Crippen LogP contribution in [0.25, 0.3) is 77.0 Å². The molecule has 0 saturated carbocycles. The van der Waals surface area contributed by atoms with Crippen molar-refractivity contribution in [2.45, 2.75) is 27.7 Å². The molecule has 0 aliphatic carbocycles. The summed E-state index contributed by atoms with van der Waals surface area (Å²) in [5.74, 6) is 1.20. The molecule has 52 heavy (non-hydrogen) atoms. The Labute approximate surface area is 315 Å². The molecule has 10 aromatic rings. The fourth-order valence-corrected chi connectivity index (χ4v) is 8.18. The first-order valence-electron chi connectivity index (χ1n) is 17.3. The molecule has 0 radical (unpaired) electrons. The largest absolute Gasteiger partial charge is 2.00 e. The van der Waals surface area contributed by atoms with Crippen LogP contribution in [0.2, 0.25) is 0 Å². The van der Waals surface area contributed by atoms with Gasteiger partial charge in [-0.3, -0.25) is 9.97 Å². The molecule has 6 aromatic carbocycles. The molecule has 10 rings (SSSR count). The number of pyridine rings is 2. The fraction of sp³-hybridized carbons (Fsp3) is 0.0870. The monoisotopic (exact) mass is 851 g/mol. The molecular weight excluding hydrogens is 820 g/mol. The van der Waals surface area contributed by atoms with Gasteiger partial charge in [-0.15, -0.1) is 12.1 Å². The normalized spacial score (nSPS) is 11.7. The van der Waals surface area contributed by atoms with Crippen LogP contribution in [0, 0.1) is 39.8 Å². The summed E-state index contributed by atoms with van der Waals surface area (Å²) in [7, 11) is 0. The Morgan fingerprint density at radius 1 is 0.558 bits per heavy atom. The third kappa shape index (κ3) is 4.73. The van der Waals surface area contributed by atoms with Crippen molar-refractivity contribution in [3.05, 3.63) is 156 Å². The number of imidazole rings is 2. The average Bonchev–Trinajstić information content (AvgIpc) is 3.81. The zero-order valence-electron chi connectivity index (χ0n) is 29.1. The van der Waals surface area contributed by atoms with Gasteiger partial charge < -0.3 is 13.5 Å². The van der Waals surface area contributed by atoms with E-state index in [1.165, 1.54) is 38.9 Å². The molecule has 6 heteroatoms. The second-order valence-corrected chi connectivity index (χ2v) is 13.5. The van der Waals surface area contributed by atoms with E-state index in [1.54, 1.807) is 0 Å². The number of aromatic nitrogens is 4. The topological polar surface area (TPSA) is 43.8 Å². The van der Waals surface area contributed by atoms with E-state index >= 15 is 0 Å². The molecule has 0 bridgehead atoms. The van der Waals surface area contributed by atoms with Crippen molar-refractivity contribution in [2.24, 2.45) is 0 Å². The number of ether oxygens (including phenoxy) is 1. The number of rotatable bonds is 4. The van der Waals surface area contributed by atoms with Crippen molar-refractivity contribution in [3.63, 3.8) is 0 Å². The Hall–Kier alpha value is -5.77. The molecule has 0 aliphatic heterocycles. The maximum absolute atomic E-state index is 6.56.